The van der Waals surface area contributed by atoms with Gasteiger partial charge in [-0.2, -0.15) is 0 Å². The molecule has 0 spiro atoms. The second kappa shape index (κ2) is 7.99. The van der Waals surface area contributed by atoms with Crippen LogP contribution in [0.25, 0.3) is 92.5 Å². The maximum atomic E-state index is 6.74. The second-order valence-electron chi connectivity index (χ2n) is 11.3. The molecule has 0 saturated carbocycles. The predicted molar refractivity (Wildman–Crippen MR) is 178 cm³/mol. The minimum Gasteiger partial charge on any atom is -0.455 e. The summed E-state index contributed by atoms with van der Waals surface area (Å²) in [5, 5.41) is 14.7. The Bertz CT molecular complexity index is 2650. The Morgan fingerprint density at radius 2 is 0.929 bits per heavy atom. The maximum absolute atomic E-state index is 6.74. The number of benzene rings is 8. The van der Waals surface area contributed by atoms with E-state index in [1.165, 1.54) is 64.9 Å². The van der Waals surface area contributed by atoms with E-state index in [4.69, 9.17) is 4.42 Å². The molecule has 194 valence electrons. The van der Waals surface area contributed by atoms with Crippen molar-refractivity contribution in [3.8, 4) is 5.69 Å². The first kappa shape index (κ1) is 22.1. The normalized spacial score (nSPS) is 12.3. The third-order valence-electron chi connectivity index (χ3n) is 9.12. The average Bonchev–Trinajstić information content (AvgIpc) is 3.58. The monoisotopic (exact) mass is 533 g/mol. The van der Waals surface area contributed by atoms with Gasteiger partial charge in [0.15, 0.2) is 0 Å². The highest BCUT2D eigenvalue weighted by molar-refractivity contribution is 6.32. The average molecular weight is 534 g/mol. The molecule has 0 atom stereocenters. The Morgan fingerprint density at radius 3 is 1.62 bits per heavy atom. The molecule has 0 bridgehead atoms. The van der Waals surface area contributed by atoms with Crippen LogP contribution in [0.4, 0.5) is 0 Å². The molecule has 0 radical (unpaired) electrons. The fraction of sp³-hybridized carbons (Fsp3) is 0. The van der Waals surface area contributed by atoms with Crippen LogP contribution >= 0.6 is 0 Å². The van der Waals surface area contributed by atoms with E-state index in [0.717, 1.165) is 27.6 Å². The molecule has 0 unspecified atom stereocenters. The third-order valence-corrected chi connectivity index (χ3v) is 9.12. The number of nitrogens with zero attached hydrogens (tertiary/aromatic N) is 1. The molecule has 0 N–H and O–H groups in total. The Morgan fingerprint density at radius 1 is 0.381 bits per heavy atom. The number of hydrogen-bond donors (Lipinski definition) is 0. The van der Waals surface area contributed by atoms with E-state index in [-0.39, 0.29) is 0 Å². The number of furan rings is 1. The summed E-state index contributed by atoms with van der Waals surface area (Å²) < 4.78 is 9.12. The fourth-order valence-electron chi connectivity index (χ4n) is 7.29. The topological polar surface area (TPSA) is 18.1 Å². The van der Waals surface area contributed by atoms with Crippen LogP contribution in [0.1, 0.15) is 0 Å². The standard InChI is InChI=1S/C40H23NO/c1-2-11-29-27(9-1)28-10-3-4-14-32(28)39-33(29)19-20-34-35-22-25-21-26(18-17-24(25)23-38(35)42-40(34)39)41-36-15-7-5-12-30(36)31-13-6-8-16-37(31)41/h1-23H. The van der Waals surface area contributed by atoms with E-state index in [0.29, 0.717) is 0 Å². The largest absolute Gasteiger partial charge is 0.455 e. The summed E-state index contributed by atoms with van der Waals surface area (Å²) in [6, 6.07) is 50.6. The van der Waals surface area contributed by atoms with E-state index >= 15 is 0 Å². The molecule has 0 aliphatic rings. The molecule has 2 heterocycles. The van der Waals surface area contributed by atoms with Crippen LogP contribution in [0.2, 0.25) is 0 Å². The number of aromatic nitrogens is 1. The van der Waals surface area contributed by atoms with Gasteiger partial charge < -0.3 is 8.98 Å². The second-order valence-corrected chi connectivity index (χ2v) is 11.3. The molecule has 2 aromatic heterocycles. The van der Waals surface area contributed by atoms with Gasteiger partial charge in [-0.05, 0) is 80.2 Å². The van der Waals surface area contributed by atoms with Crippen molar-refractivity contribution < 1.29 is 4.42 Å². The molecule has 0 saturated heterocycles. The summed E-state index contributed by atoms with van der Waals surface area (Å²) in [4.78, 5) is 0. The molecular formula is C40H23NO. The van der Waals surface area contributed by atoms with Crippen LogP contribution in [-0.4, -0.2) is 4.57 Å². The smallest absolute Gasteiger partial charge is 0.143 e. The quantitative estimate of drug-likeness (QED) is 0.192. The molecule has 10 rings (SSSR count). The van der Waals surface area contributed by atoms with E-state index in [1.54, 1.807) is 0 Å². The van der Waals surface area contributed by atoms with Gasteiger partial charge >= 0.3 is 0 Å². The summed E-state index contributed by atoms with van der Waals surface area (Å²) >= 11 is 0. The molecule has 0 amide bonds. The highest BCUT2D eigenvalue weighted by Gasteiger charge is 2.17. The predicted octanol–water partition coefficient (Wildman–Crippen LogP) is 11.3. The number of para-hydroxylation sites is 2. The van der Waals surface area contributed by atoms with Crippen molar-refractivity contribution in [2.24, 2.45) is 0 Å². The minimum atomic E-state index is 0.923. The fourth-order valence-corrected chi connectivity index (χ4v) is 7.29. The summed E-state index contributed by atoms with van der Waals surface area (Å²) in [6.45, 7) is 0. The molecule has 0 aliphatic carbocycles. The lowest BCUT2D eigenvalue weighted by molar-refractivity contribution is 0.673. The van der Waals surface area contributed by atoms with Gasteiger partial charge in [-0.25, -0.2) is 0 Å². The highest BCUT2D eigenvalue weighted by Crippen LogP contribution is 2.43. The van der Waals surface area contributed by atoms with Gasteiger partial charge in [0.05, 0.1) is 11.0 Å². The first-order valence-corrected chi connectivity index (χ1v) is 14.4. The highest BCUT2D eigenvalue weighted by atomic mass is 16.3. The zero-order valence-electron chi connectivity index (χ0n) is 22.6. The van der Waals surface area contributed by atoms with Crippen LogP contribution in [0, 0.1) is 0 Å². The van der Waals surface area contributed by atoms with Gasteiger partial charge in [0.25, 0.3) is 0 Å². The number of hydrogen-bond acceptors (Lipinski definition) is 1. The van der Waals surface area contributed by atoms with Gasteiger partial charge in [-0.1, -0.05) is 97.1 Å². The Balaban J connectivity index is 1.28. The van der Waals surface area contributed by atoms with E-state index in [9.17, 15) is 0 Å². The van der Waals surface area contributed by atoms with Crippen LogP contribution < -0.4 is 0 Å². The molecule has 2 heteroatoms. The first-order chi connectivity index (χ1) is 20.8. The van der Waals surface area contributed by atoms with E-state index in [1.807, 2.05) is 0 Å². The molecule has 42 heavy (non-hydrogen) atoms. The lowest BCUT2D eigenvalue weighted by Gasteiger charge is -2.10. The molecule has 10 aromatic rings. The number of rotatable bonds is 1. The van der Waals surface area contributed by atoms with Gasteiger partial charge in [0, 0.05) is 32.6 Å². The van der Waals surface area contributed by atoms with Crippen LogP contribution in [0.5, 0.6) is 0 Å². The van der Waals surface area contributed by atoms with E-state index in [2.05, 4.69) is 144 Å². The Hall–Kier alpha value is -5.60. The lowest BCUT2D eigenvalue weighted by Crippen LogP contribution is -1.93. The van der Waals surface area contributed by atoms with E-state index < -0.39 is 0 Å². The van der Waals surface area contributed by atoms with Gasteiger partial charge in [0.2, 0.25) is 0 Å². The summed E-state index contributed by atoms with van der Waals surface area (Å²) in [7, 11) is 0. The first-order valence-electron chi connectivity index (χ1n) is 14.4. The number of fused-ring (bicyclic) bond motifs is 14. The zero-order valence-corrected chi connectivity index (χ0v) is 22.6. The molecule has 0 aliphatic heterocycles. The van der Waals surface area contributed by atoms with Gasteiger partial charge in [0.1, 0.15) is 11.2 Å². The van der Waals surface area contributed by atoms with Crippen molar-refractivity contribution in [1.82, 2.24) is 4.57 Å². The Labute approximate surface area is 240 Å². The lowest BCUT2D eigenvalue weighted by atomic mass is 9.93. The third kappa shape index (κ3) is 2.83. The zero-order chi connectivity index (χ0) is 27.4. The molecule has 8 aromatic carbocycles. The van der Waals surface area contributed by atoms with Crippen LogP contribution in [0.15, 0.2) is 144 Å². The van der Waals surface area contributed by atoms with Crippen molar-refractivity contribution >= 4 is 86.8 Å². The summed E-state index contributed by atoms with van der Waals surface area (Å²) in [5.74, 6) is 0. The van der Waals surface area contributed by atoms with Crippen LogP contribution in [0.3, 0.4) is 0 Å². The maximum Gasteiger partial charge on any atom is 0.143 e. The van der Waals surface area contributed by atoms with Crippen LogP contribution in [-0.2, 0) is 0 Å². The SMILES string of the molecule is c1ccc2c(c1)c1ccccc1c1c2ccc2c3cc4cc(-n5c6ccccc6c6ccccc65)ccc4cc3oc21. The van der Waals surface area contributed by atoms with Gasteiger partial charge in [-0.15, -0.1) is 0 Å². The minimum absolute atomic E-state index is 0.923. The van der Waals surface area contributed by atoms with Crippen molar-refractivity contribution in [1.29, 1.82) is 0 Å². The van der Waals surface area contributed by atoms with Gasteiger partial charge in [-0.3, -0.25) is 0 Å². The molecule has 0 fully saturated rings. The van der Waals surface area contributed by atoms with Crippen molar-refractivity contribution in [3.63, 3.8) is 0 Å². The molecular weight excluding hydrogens is 510 g/mol. The van der Waals surface area contributed by atoms with Crippen molar-refractivity contribution in [2.75, 3.05) is 0 Å². The Kier molecular flexibility index (Phi) is 4.21. The van der Waals surface area contributed by atoms with Crippen molar-refractivity contribution in [2.45, 2.75) is 0 Å². The summed E-state index contributed by atoms with van der Waals surface area (Å²) in [5.41, 5.74) is 5.49. The summed E-state index contributed by atoms with van der Waals surface area (Å²) in [6.07, 6.45) is 0. The molecule has 2 nitrogen and oxygen atoms in total. The van der Waals surface area contributed by atoms with Crippen molar-refractivity contribution in [3.05, 3.63) is 140 Å².